The van der Waals surface area contributed by atoms with Crippen LogP contribution in [0.3, 0.4) is 0 Å². The van der Waals surface area contributed by atoms with Gasteiger partial charge in [0.25, 0.3) is 5.91 Å². The monoisotopic (exact) mass is 179 g/mol. The number of hydrogen-bond donors (Lipinski definition) is 1. The molecule has 0 aliphatic carbocycles. The van der Waals surface area contributed by atoms with Crippen molar-refractivity contribution in [1.82, 2.24) is 0 Å². The van der Waals surface area contributed by atoms with E-state index in [0.29, 0.717) is 0 Å². The average molecular weight is 179 g/mol. The molecule has 0 aromatic carbocycles. The first-order valence-electron chi connectivity index (χ1n) is 4.26. The van der Waals surface area contributed by atoms with E-state index in [1.807, 2.05) is 37.5 Å². The van der Waals surface area contributed by atoms with Crippen molar-refractivity contribution in [2.24, 2.45) is 5.73 Å². The molecule has 1 heterocycles. The van der Waals surface area contributed by atoms with E-state index in [1.165, 1.54) is 5.56 Å². The van der Waals surface area contributed by atoms with Crippen molar-refractivity contribution in [3.8, 4) is 0 Å². The van der Waals surface area contributed by atoms with Crippen molar-refractivity contribution in [1.29, 1.82) is 0 Å². The van der Waals surface area contributed by atoms with Gasteiger partial charge in [-0.15, -0.1) is 0 Å². The maximum absolute atomic E-state index is 10.8. The zero-order chi connectivity index (χ0) is 10.0. The number of aromatic nitrogens is 1. The summed E-state index contributed by atoms with van der Waals surface area (Å²) >= 11 is 0. The minimum absolute atomic E-state index is 0.262. The van der Waals surface area contributed by atoms with Gasteiger partial charge in [0.1, 0.15) is 0 Å². The van der Waals surface area contributed by atoms with Crippen LogP contribution in [0, 0.1) is 20.8 Å². The molecule has 1 aromatic heterocycles. The zero-order valence-corrected chi connectivity index (χ0v) is 8.29. The number of carbonyl (C=O) groups is 1. The fraction of sp³-hybridized carbons (Fsp3) is 0.400. The summed E-state index contributed by atoms with van der Waals surface area (Å²) in [4.78, 5) is 10.8. The first-order valence-corrected chi connectivity index (χ1v) is 4.26. The molecular formula is C10H15N2O+. The van der Waals surface area contributed by atoms with E-state index in [2.05, 4.69) is 0 Å². The number of rotatable bonds is 2. The van der Waals surface area contributed by atoms with E-state index in [1.54, 1.807) is 0 Å². The highest BCUT2D eigenvalue weighted by Gasteiger charge is 2.13. The lowest BCUT2D eigenvalue weighted by atomic mass is 10.2. The standard InChI is InChI=1S/C10H14N2O/c1-7-4-8(2)12(6-10(11)13)9(3)5-7/h4-5H,6H2,1-3H3,(H-,11,13)/p+1. The van der Waals surface area contributed by atoms with Gasteiger partial charge < -0.3 is 5.73 Å². The molecule has 13 heavy (non-hydrogen) atoms. The van der Waals surface area contributed by atoms with Crippen molar-refractivity contribution in [2.75, 3.05) is 0 Å². The predicted octanol–water partition coefficient (Wildman–Crippen LogP) is 0.385. The Labute approximate surface area is 78.2 Å². The lowest BCUT2D eigenvalue weighted by molar-refractivity contribution is -0.696. The molecule has 0 unspecified atom stereocenters. The Bertz CT molecular complexity index is 322. The predicted molar refractivity (Wildman–Crippen MR) is 50.0 cm³/mol. The molecule has 0 saturated carbocycles. The summed E-state index contributed by atoms with van der Waals surface area (Å²) in [6.07, 6.45) is 0. The number of amides is 1. The van der Waals surface area contributed by atoms with Crippen molar-refractivity contribution in [3.05, 3.63) is 29.1 Å². The van der Waals surface area contributed by atoms with E-state index < -0.39 is 0 Å². The lowest BCUT2D eigenvalue weighted by Gasteiger charge is -2.02. The molecule has 0 saturated heterocycles. The largest absolute Gasteiger partial charge is 0.364 e. The molecule has 3 heteroatoms. The van der Waals surface area contributed by atoms with Crippen LogP contribution in [0.25, 0.3) is 0 Å². The summed E-state index contributed by atoms with van der Waals surface area (Å²) in [5.41, 5.74) is 8.48. The molecule has 70 valence electrons. The molecule has 0 atom stereocenters. The van der Waals surface area contributed by atoms with Gasteiger partial charge in [-0.25, -0.2) is 0 Å². The quantitative estimate of drug-likeness (QED) is 0.656. The summed E-state index contributed by atoms with van der Waals surface area (Å²) in [7, 11) is 0. The molecule has 0 radical (unpaired) electrons. The Morgan fingerprint density at radius 3 is 2.15 bits per heavy atom. The Kier molecular flexibility index (Phi) is 2.66. The average Bonchev–Trinajstić information content (AvgIpc) is 1.96. The molecule has 0 bridgehead atoms. The Balaban J connectivity index is 3.13. The fourth-order valence-corrected chi connectivity index (χ4v) is 1.54. The van der Waals surface area contributed by atoms with Crippen molar-refractivity contribution in [3.63, 3.8) is 0 Å². The first kappa shape index (κ1) is 9.71. The number of pyridine rings is 1. The highest BCUT2D eigenvalue weighted by atomic mass is 16.1. The Morgan fingerprint density at radius 1 is 1.31 bits per heavy atom. The van der Waals surface area contributed by atoms with Crippen LogP contribution in [0.2, 0.25) is 0 Å². The van der Waals surface area contributed by atoms with Crippen LogP contribution in [0.5, 0.6) is 0 Å². The van der Waals surface area contributed by atoms with Gasteiger partial charge in [-0.05, 0) is 12.5 Å². The first-order chi connectivity index (χ1) is 6.00. The number of nitrogens with zero attached hydrogens (tertiary/aromatic N) is 1. The minimum atomic E-state index is -0.306. The van der Waals surface area contributed by atoms with Gasteiger partial charge in [0.15, 0.2) is 11.4 Å². The number of carbonyl (C=O) groups excluding carboxylic acids is 1. The van der Waals surface area contributed by atoms with Crippen LogP contribution >= 0.6 is 0 Å². The summed E-state index contributed by atoms with van der Waals surface area (Å²) in [6.45, 7) is 6.25. The number of nitrogens with two attached hydrogens (primary N) is 1. The summed E-state index contributed by atoms with van der Waals surface area (Å²) in [5, 5.41) is 0. The molecule has 3 nitrogen and oxygen atoms in total. The minimum Gasteiger partial charge on any atom is -0.364 e. The van der Waals surface area contributed by atoms with Gasteiger partial charge in [-0.1, -0.05) is 0 Å². The van der Waals surface area contributed by atoms with E-state index in [9.17, 15) is 4.79 Å². The Morgan fingerprint density at radius 2 is 1.77 bits per heavy atom. The third kappa shape index (κ3) is 2.28. The normalized spacial score (nSPS) is 10.1. The second kappa shape index (κ2) is 3.56. The molecular weight excluding hydrogens is 164 g/mol. The van der Waals surface area contributed by atoms with Crippen LogP contribution in [-0.4, -0.2) is 5.91 Å². The fourth-order valence-electron chi connectivity index (χ4n) is 1.54. The number of hydrogen-bond acceptors (Lipinski definition) is 1. The third-order valence-corrected chi connectivity index (χ3v) is 2.04. The van der Waals surface area contributed by atoms with E-state index in [4.69, 9.17) is 5.73 Å². The number of aryl methyl sites for hydroxylation is 3. The third-order valence-electron chi connectivity index (χ3n) is 2.04. The topological polar surface area (TPSA) is 47.0 Å². The SMILES string of the molecule is Cc1cc(C)[n+](CC(N)=O)c(C)c1. The van der Waals surface area contributed by atoms with Crippen LogP contribution in [0.15, 0.2) is 12.1 Å². The molecule has 1 rings (SSSR count). The molecule has 1 aromatic rings. The van der Waals surface area contributed by atoms with E-state index >= 15 is 0 Å². The summed E-state index contributed by atoms with van der Waals surface area (Å²) < 4.78 is 1.91. The second-order valence-corrected chi connectivity index (χ2v) is 3.37. The molecule has 2 N–H and O–H groups in total. The van der Waals surface area contributed by atoms with Crippen LogP contribution in [0.1, 0.15) is 17.0 Å². The van der Waals surface area contributed by atoms with Crippen molar-refractivity contribution < 1.29 is 9.36 Å². The van der Waals surface area contributed by atoms with Crippen LogP contribution < -0.4 is 10.3 Å². The van der Waals surface area contributed by atoms with Crippen LogP contribution in [0.4, 0.5) is 0 Å². The maximum Gasteiger partial charge on any atom is 0.283 e. The lowest BCUT2D eigenvalue weighted by Crippen LogP contribution is -2.45. The molecule has 0 aliphatic heterocycles. The van der Waals surface area contributed by atoms with E-state index in [0.717, 1.165) is 11.4 Å². The second-order valence-electron chi connectivity index (χ2n) is 3.37. The smallest absolute Gasteiger partial charge is 0.283 e. The molecule has 1 amide bonds. The van der Waals surface area contributed by atoms with Gasteiger partial charge in [0, 0.05) is 26.0 Å². The van der Waals surface area contributed by atoms with Crippen molar-refractivity contribution in [2.45, 2.75) is 27.3 Å². The maximum atomic E-state index is 10.8. The van der Waals surface area contributed by atoms with Gasteiger partial charge in [-0.2, -0.15) is 4.57 Å². The van der Waals surface area contributed by atoms with Crippen molar-refractivity contribution >= 4 is 5.91 Å². The molecule has 0 aliphatic rings. The van der Waals surface area contributed by atoms with Gasteiger partial charge in [-0.3, -0.25) is 4.79 Å². The highest BCUT2D eigenvalue weighted by molar-refractivity contribution is 5.72. The van der Waals surface area contributed by atoms with Gasteiger partial charge in [0.05, 0.1) is 0 Å². The molecule has 0 spiro atoms. The zero-order valence-electron chi connectivity index (χ0n) is 8.29. The van der Waals surface area contributed by atoms with E-state index in [-0.39, 0.29) is 12.5 Å². The highest BCUT2D eigenvalue weighted by Crippen LogP contribution is 2.00. The number of primary amides is 1. The van der Waals surface area contributed by atoms with Crippen LogP contribution in [-0.2, 0) is 11.3 Å². The molecule has 0 fully saturated rings. The summed E-state index contributed by atoms with van der Waals surface area (Å²) in [5.74, 6) is -0.306. The van der Waals surface area contributed by atoms with Gasteiger partial charge >= 0.3 is 0 Å². The van der Waals surface area contributed by atoms with Gasteiger partial charge in [0.2, 0.25) is 6.54 Å². The summed E-state index contributed by atoms with van der Waals surface area (Å²) in [6, 6.07) is 4.08. The Hall–Kier alpha value is -1.38.